The maximum absolute atomic E-state index is 12.3. The maximum Gasteiger partial charge on any atom is 0.435 e. The van der Waals surface area contributed by atoms with Crippen molar-refractivity contribution < 1.29 is 38.1 Å². The van der Waals surface area contributed by atoms with Gasteiger partial charge >= 0.3 is 24.4 Å². The Hall–Kier alpha value is -2.83. The van der Waals surface area contributed by atoms with Gasteiger partial charge in [-0.3, -0.25) is 10.6 Å². The molecule has 0 saturated heterocycles. The lowest BCUT2D eigenvalue weighted by molar-refractivity contribution is 0.0545. The number of nitrogens with one attached hydrogen (secondary N) is 2. The van der Waals surface area contributed by atoms with E-state index in [0.29, 0.717) is 0 Å². The normalized spacial score (nSPS) is 13.4. The van der Waals surface area contributed by atoms with E-state index in [-0.39, 0.29) is 23.2 Å². The van der Waals surface area contributed by atoms with Gasteiger partial charge in [0.15, 0.2) is 0 Å². The molecule has 0 aliphatic rings. The molecular weight excluding hydrogens is 504 g/mol. The Morgan fingerprint density at radius 1 is 0.541 bits per heavy atom. The Morgan fingerprint density at radius 3 is 1.05 bits per heavy atom. The number of alkyl carbamates (subject to hydrolysis) is 2. The Bertz CT molecular complexity index is 816. The first-order valence-corrected chi connectivity index (χ1v) is 12.8. The van der Waals surface area contributed by atoms with E-state index in [1.807, 2.05) is 0 Å². The van der Waals surface area contributed by atoms with Gasteiger partial charge in [-0.05, 0) is 83.1 Å². The summed E-state index contributed by atoms with van der Waals surface area (Å²) in [5.41, 5.74) is -3.15. The predicted octanol–water partition coefficient (Wildman–Crippen LogP) is 5.44. The summed E-state index contributed by atoms with van der Waals surface area (Å²) in [6, 6.07) is 0. The molecule has 0 aliphatic heterocycles. The number of ether oxygens (including phenoxy) is 4. The van der Waals surface area contributed by atoms with Gasteiger partial charge in [-0.15, -0.1) is 11.8 Å². The summed E-state index contributed by atoms with van der Waals surface area (Å²) in [5.74, 6) is -0.159. The zero-order valence-electron chi connectivity index (χ0n) is 24.0. The van der Waals surface area contributed by atoms with Gasteiger partial charge < -0.3 is 18.9 Å². The number of rotatable bonds is 4. The van der Waals surface area contributed by atoms with E-state index in [1.165, 1.54) is 0 Å². The molecule has 0 aromatic heterocycles. The Morgan fingerprint density at radius 2 is 0.811 bits per heavy atom. The van der Waals surface area contributed by atoms with E-state index in [4.69, 9.17) is 18.9 Å². The molecule has 0 aromatic rings. The minimum Gasteiger partial charge on any atom is -0.444 e. The number of hydrogen-bond acceptors (Lipinski definition) is 9. The molecule has 0 rings (SSSR count). The monoisotopic (exact) mass is 546 g/mol. The average Bonchev–Trinajstić information content (AvgIpc) is 2.54. The molecule has 0 unspecified atom stereocenters. The quantitative estimate of drug-likeness (QED) is 0.266. The highest BCUT2D eigenvalue weighted by atomic mass is 32.2. The topological polar surface area (TPSA) is 154 Å². The van der Waals surface area contributed by atoms with Crippen molar-refractivity contribution >= 4 is 47.8 Å². The first kappa shape index (κ1) is 34.2. The van der Waals surface area contributed by atoms with E-state index in [9.17, 15) is 19.2 Å². The number of amidine groups is 2. The van der Waals surface area contributed by atoms with Crippen molar-refractivity contribution in [1.29, 1.82) is 0 Å². The minimum atomic E-state index is -0.909. The molecule has 13 heteroatoms. The van der Waals surface area contributed by atoms with Crippen molar-refractivity contribution in [3.05, 3.63) is 0 Å². The second-order valence-electron chi connectivity index (χ2n) is 11.8. The van der Waals surface area contributed by atoms with Crippen LogP contribution in [0.5, 0.6) is 0 Å². The van der Waals surface area contributed by atoms with Crippen LogP contribution in [-0.4, -0.2) is 70.0 Å². The van der Waals surface area contributed by atoms with E-state index >= 15 is 0 Å². The SMILES string of the molecule is CC(C)(C)OC(=O)N=C(CSCC(=NC(=O)OC(C)(C)C)NC(=O)OC(C)(C)C)NC(=O)OC(C)(C)C. The summed E-state index contributed by atoms with van der Waals surface area (Å²) >= 11 is 1.09. The van der Waals surface area contributed by atoms with Gasteiger partial charge in [0.1, 0.15) is 34.1 Å². The third kappa shape index (κ3) is 21.0. The molecule has 212 valence electrons. The molecule has 0 bridgehead atoms. The van der Waals surface area contributed by atoms with Gasteiger partial charge in [0.25, 0.3) is 0 Å². The molecule has 0 aromatic carbocycles. The van der Waals surface area contributed by atoms with Gasteiger partial charge in [0.05, 0.1) is 11.5 Å². The molecule has 0 aliphatic carbocycles. The van der Waals surface area contributed by atoms with Crippen LogP contribution in [0.3, 0.4) is 0 Å². The molecule has 0 fully saturated rings. The summed E-state index contributed by atoms with van der Waals surface area (Å²) in [7, 11) is 0. The average molecular weight is 547 g/mol. The van der Waals surface area contributed by atoms with Crippen LogP contribution in [-0.2, 0) is 18.9 Å². The van der Waals surface area contributed by atoms with E-state index in [0.717, 1.165) is 11.8 Å². The summed E-state index contributed by atoms with van der Waals surface area (Å²) in [5, 5.41) is 4.86. The van der Waals surface area contributed by atoms with Crippen molar-refractivity contribution in [3.8, 4) is 0 Å². The van der Waals surface area contributed by atoms with Gasteiger partial charge in [-0.2, -0.15) is 9.98 Å². The lowest BCUT2D eigenvalue weighted by atomic mass is 10.2. The van der Waals surface area contributed by atoms with Crippen LogP contribution < -0.4 is 10.6 Å². The van der Waals surface area contributed by atoms with Crippen LogP contribution in [0.25, 0.3) is 0 Å². The highest BCUT2D eigenvalue weighted by Crippen LogP contribution is 2.12. The number of hydrogen-bond donors (Lipinski definition) is 2. The van der Waals surface area contributed by atoms with Crippen molar-refractivity contribution in [2.45, 2.75) is 105 Å². The fourth-order valence-corrected chi connectivity index (χ4v) is 2.83. The summed E-state index contributed by atoms with van der Waals surface area (Å²) in [6.07, 6.45) is -3.45. The summed E-state index contributed by atoms with van der Waals surface area (Å²) in [6.45, 7) is 20.2. The lowest BCUT2D eigenvalue weighted by Crippen LogP contribution is -2.39. The highest BCUT2D eigenvalue weighted by molar-refractivity contribution is 8.00. The third-order valence-corrected chi connectivity index (χ3v) is 3.96. The number of carbonyl (C=O) groups excluding carboxylic acids is 4. The van der Waals surface area contributed by atoms with Gasteiger partial charge in [-0.25, -0.2) is 19.2 Å². The van der Waals surface area contributed by atoms with Crippen LogP contribution in [0.15, 0.2) is 9.98 Å². The molecular formula is C24H42N4O8S. The fourth-order valence-electron chi connectivity index (χ4n) is 2.07. The predicted molar refractivity (Wildman–Crippen MR) is 143 cm³/mol. The van der Waals surface area contributed by atoms with Crippen LogP contribution in [0.2, 0.25) is 0 Å². The second-order valence-corrected chi connectivity index (χ2v) is 12.8. The maximum atomic E-state index is 12.3. The van der Waals surface area contributed by atoms with Crippen molar-refractivity contribution in [2.24, 2.45) is 9.98 Å². The highest BCUT2D eigenvalue weighted by Gasteiger charge is 2.22. The van der Waals surface area contributed by atoms with Crippen LogP contribution in [0.4, 0.5) is 19.2 Å². The Labute approximate surface area is 223 Å². The third-order valence-electron chi connectivity index (χ3n) is 3.01. The fraction of sp³-hybridized carbons (Fsp3) is 0.750. The Balaban J connectivity index is 5.67. The number of thioether (sulfide) groups is 1. The second kappa shape index (κ2) is 13.6. The molecule has 12 nitrogen and oxygen atoms in total. The standard InChI is InChI=1S/C24H42N4O8S/c1-21(2,3)33-17(29)25-15(26-18(30)34-22(4,5)6)13-37-14-16(27-19(31)35-23(7,8)9)28-20(32)36-24(10,11)12/h13-14H2,1-12H3,(H,25,26,29,30)(H,27,28,31,32). The first-order valence-electron chi connectivity index (χ1n) is 11.6. The van der Waals surface area contributed by atoms with Crippen molar-refractivity contribution in [1.82, 2.24) is 10.6 Å². The number of nitrogens with zero attached hydrogens (tertiary/aromatic N) is 2. The first-order chi connectivity index (χ1) is 16.4. The smallest absolute Gasteiger partial charge is 0.435 e. The number of amides is 4. The van der Waals surface area contributed by atoms with Crippen molar-refractivity contribution in [2.75, 3.05) is 11.5 Å². The molecule has 37 heavy (non-hydrogen) atoms. The molecule has 0 radical (unpaired) electrons. The zero-order chi connectivity index (χ0) is 29.2. The van der Waals surface area contributed by atoms with Gasteiger partial charge in [0, 0.05) is 0 Å². The van der Waals surface area contributed by atoms with Crippen LogP contribution in [0, 0.1) is 0 Å². The largest absolute Gasteiger partial charge is 0.444 e. The molecule has 0 heterocycles. The van der Waals surface area contributed by atoms with Crippen LogP contribution >= 0.6 is 11.8 Å². The van der Waals surface area contributed by atoms with E-state index < -0.39 is 46.8 Å². The number of aliphatic imine (C=N–C) groups is 2. The molecule has 0 atom stereocenters. The minimum absolute atomic E-state index is 0.0260. The van der Waals surface area contributed by atoms with Gasteiger partial charge in [0.2, 0.25) is 0 Å². The molecule has 0 saturated carbocycles. The lowest BCUT2D eigenvalue weighted by Gasteiger charge is -2.21. The van der Waals surface area contributed by atoms with E-state index in [1.54, 1.807) is 83.1 Å². The Kier molecular flexibility index (Phi) is 12.6. The summed E-state index contributed by atoms with van der Waals surface area (Å²) < 4.78 is 20.8. The summed E-state index contributed by atoms with van der Waals surface area (Å²) in [4.78, 5) is 56.6. The zero-order valence-corrected chi connectivity index (χ0v) is 24.8. The number of carbonyl (C=O) groups is 4. The molecule has 0 spiro atoms. The van der Waals surface area contributed by atoms with E-state index in [2.05, 4.69) is 20.6 Å². The van der Waals surface area contributed by atoms with Gasteiger partial charge in [-0.1, -0.05) is 0 Å². The van der Waals surface area contributed by atoms with Crippen LogP contribution in [0.1, 0.15) is 83.1 Å². The molecule has 4 amide bonds. The van der Waals surface area contributed by atoms with Crippen molar-refractivity contribution in [3.63, 3.8) is 0 Å². The molecule has 2 N–H and O–H groups in total.